The molecule has 2 aliphatic carbocycles. The lowest BCUT2D eigenvalue weighted by atomic mass is 10.0. The zero-order valence-corrected chi connectivity index (χ0v) is 7.55. The van der Waals surface area contributed by atoms with Crippen molar-refractivity contribution < 1.29 is 4.39 Å². The van der Waals surface area contributed by atoms with Gasteiger partial charge in [0.05, 0.1) is 0 Å². The fraction of sp³-hybridized carbons (Fsp3) is 0.167. The van der Waals surface area contributed by atoms with Crippen molar-refractivity contribution >= 4 is 0 Å². The summed E-state index contributed by atoms with van der Waals surface area (Å²) in [5.41, 5.74) is 3.43. The summed E-state index contributed by atoms with van der Waals surface area (Å²) in [5.74, 6) is -0.153. The number of halogens is 1. The molecule has 0 fully saturated rings. The van der Waals surface area contributed by atoms with Crippen molar-refractivity contribution in [2.75, 3.05) is 0 Å². The standard InChI is InChI=1S/C12H11F/c1-9-5-6-11(7-9)10-3-2-4-12(13)8-10/h2,4-8H,3H2,1H3. The first-order chi connectivity index (χ1) is 6.25. The lowest BCUT2D eigenvalue weighted by Crippen LogP contribution is -1.87. The average molecular weight is 174 g/mol. The maximum Gasteiger partial charge on any atom is 0.123 e. The van der Waals surface area contributed by atoms with Crippen LogP contribution in [-0.2, 0) is 0 Å². The third-order valence-electron chi connectivity index (χ3n) is 2.21. The first-order valence-corrected chi connectivity index (χ1v) is 4.39. The van der Waals surface area contributed by atoms with Gasteiger partial charge in [-0.3, -0.25) is 0 Å². The molecule has 66 valence electrons. The summed E-state index contributed by atoms with van der Waals surface area (Å²) in [6, 6.07) is 0. The first-order valence-electron chi connectivity index (χ1n) is 4.39. The zero-order valence-electron chi connectivity index (χ0n) is 7.55. The van der Waals surface area contributed by atoms with Crippen molar-refractivity contribution in [1.82, 2.24) is 0 Å². The van der Waals surface area contributed by atoms with Crippen LogP contribution < -0.4 is 0 Å². The number of allylic oxidation sites excluding steroid dienone is 10. The normalized spacial score (nSPS) is 26.3. The molecule has 0 aromatic heterocycles. The molecule has 0 radical (unpaired) electrons. The van der Waals surface area contributed by atoms with Gasteiger partial charge in [0.25, 0.3) is 0 Å². The van der Waals surface area contributed by atoms with E-state index in [2.05, 4.69) is 6.08 Å². The van der Waals surface area contributed by atoms with Gasteiger partial charge in [-0.05, 0) is 36.6 Å². The minimum absolute atomic E-state index is 0.153. The van der Waals surface area contributed by atoms with Gasteiger partial charge >= 0.3 is 0 Å². The molecule has 0 heterocycles. The Labute approximate surface area is 77.5 Å². The molecule has 13 heavy (non-hydrogen) atoms. The summed E-state index contributed by atoms with van der Waals surface area (Å²) >= 11 is 0. The summed E-state index contributed by atoms with van der Waals surface area (Å²) in [5, 5.41) is 0. The van der Waals surface area contributed by atoms with E-state index in [0.717, 1.165) is 17.6 Å². The molecule has 0 saturated heterocycles. The Balaban J connectivity index is 2.37. The minimum atomic E-state index is -0.153. The highest BCUT2D eigenvalue weighted by Crippen LogP contribution is 2.25. The maximum atomic E-state index is 12.9. The third-order valence-corrected chi connectivity index (χ3v) is 2.21. The van der Waals surface area contributed by atoms with E-state index in [1.165, 1.54) is 11.6 Å². The van der Waals surface area contributed by atoms with Gasteiger partial charge in [-0.1, -0.05) is 29.9 Å². The molecule has 2 aliphatic rings. The van der Waals surface area contributed by atoms with Crippen molar-refractivity contribution in [1.29, 1.82) is 0 Å². The summed E-state index contributed by atoms with van der Waals surface area (Å²) in [6.07, 6.45) is 12.0. The predicted molar refractivity (Wildman–Crippen MR) is 52.9 cm³/mol. The Kier molecular flexibility index (Phi) is 2.01. The summed E-state index contributed by atoms with van der Waals surface area (Å²) in [6.45, 7) is 2.04. The van der Waals surface area contributed by atoms with Crippen molar-refractivity contribution in [2.45, 2.75) is 13.3 Å². The molecule has 0 atom stereocenters. The molecule has 0 aromatic carbocycles. The molecular formula is C12H11F. The Bertz CT molecular complexity index is 376. The highest BCUT2D eigenvalue weighted by molar-refractivity contribution is 5.52. The topological polar surface area (TPSA) is 0 Å². The second kappa shape index (κ2) is 3.17. The van der Waals surface area contributed by atoms with Gasteiger partial charge in [0.2, 0.25) is 0 Å². The second-order valence-electron chi connectivity index (χ2n) is 3.34. The van der Waals surface area contributed by atoms with Crippen LogP contribution >= 0.6 is 0 Å². The number of hydrogen-bond acceptors (Lipinski definition) is 0. The molecule has 2 rings (SSSR count). The van der Waals surface area contributed by atoms with Crippen LogP contribution in [0.25, 0.3) is 0 Å². The van der Waals surface area contributed by atoms with Crippen LogP contribution in [0.1, 0.15) is 13.3 Å². The monoisotopic (exact) mass is 174 g/mol. The Hall–Kier alpha value is -1.37. The van der Waals surface area contributed by atoms with E-state index in [1.54, 1.807) is 6.08 Å². The quantitative estimate of drug-likeness (QED) is 0.526. The van der Waals surface area contributed by atoms with E-state index in [4.69, 9.17) is 0 Å². The van der Waals surface area contributed by atoms with Crippen LogP contribution in [0.3, 0.4) is 0 Å². The van der Waals surface area contributed by atoms with E-state index < -0.39 is 0 Å². The molecule has 0 amide bonds. The SMILES string of the molecule is CC1=CC(=C2C=C(F)C=CC2)C=C1. The highest BCUT2D eigenvalue weighted by atomic mass is 19.1. The maximum absolute atomic E-state index is 12.9. The van der Waals surface area contributed by atoms with Gasteiger partial charge < -0.3 is 0 Å². The van der Waals surface area contributed by atoms with Crippen LogP contribution in [0.5, 0.6) is 0 Å². The second-order valence-corrected chi connectivity index (χ2v) is 3.34. The van der Waals surface area contributed by atoms with E-state index in [-0.39, 0.29) is 5.83 Å². The van der Waals surface area contributed by atoms with Crippen molar-refractivity contribution in [2.24, 2.45) is 0 Å². The largest absolute Gasteiger partial charge is 0.207 e. The molecule has 0 nitrogen and oxygen atoms in total. The minimum Gasteiger partial charge on any atom is -0.207 e. The first kappa shape index (κ1) is 8.24. The summed E-state index contributed by atoms with van der Waals surface area (Å²) in [4.78, 5) is 0. The van der Waals surface area contributed by atoms with Gasteiger partial charge in [-0.15, -0.1) is 0 Å². The molecule has 0 bridgehead atoms. The van der Waals surface area contributed by atoms with Gasteiger partial charge in [0.1, 0.15) is 5.83 Å². The van der Waals surface area contributed by atoms with Gasteiger partial charge in [0, 0.05) is 0 Å². The zero-order chi connectivity index (χ0) is 9.26. The van der Waals surface area contributed by atoms with Crippen LogP contribution in [0.4, 0.5) is 4.39 Å². The third kappa shape index (κ3) is 1.69. The lowest BCUT2D eigenvalue weighted by molar-refractivity contribution is 0.661. The van der Waals surface area contributed by atoms with Crippen molar-refractivity contribution in [3.8, 4) is 0 Å². The molecule has 0 aliphatic heterocycles. The molecule has 1 heteroatoms. The molecule has 0 unspecified atom stereocenters. The van der Waals surface area contributed by atoms with Crippen LogP contribution in [0, 0.1) is 0 Å². The van der Waals surface area contributed by atoms with E-state index >= 15 is 0 Å². The smallest absolute Gasteiger partial charge is 0.123 e. The summed E-state index contributed by atoms with van der Waals surface area (Å²) < 4.78 is 12.9. The van der Waals surface area contributed by atoms with Crippen LogP contribution in [0.2, 0.25) is 0 Å². The average Bonchev–Trinajstić information content (AvgIpc) is 2.52. The van der Waals surface area contributed by atoms with E-state index in [1.807, 2.05) is 25.2 Å². The number of hydrogen-bond donors (Lipinski definition) is 0. The fourth-order valence-corrected chi connectivity index (χ4v) is 1.54. The fourth-order valence-electron chi connectivity index (χ4n) is 1.54. The Morgan fingerprint density at radius 2 is 2.00 bits per heavy atom. The van der Waals surface area contributed by atoms with Gasteiger partial charge in [0.15, 0.2) is 0 Å². The van der Waals surface area contributed by atoms with Gasteiger partial charge in [-0.2, -0.15) is 0 Å². The lowest BCUT2D eigenvalue weighted by Gasteiger charge is -2.05. The van der Waals surface area contributed by atoms with Crippen molar-refractivity contribution in [3.63, 3.8) is 0 Å². The Morgan fingerprint density at radius 3 is 2.62 bits per heavy atom. The molecular weight excluding hydrogens is 163 g/mol. The number of rotatable bonds is 0. The van der Waals surface area contributed by atoms with Crippen LogP contribution in [-0.4, -0.2) is 0 Å². The predicted octanol–water partition coefficient (Wildman–Crippen LogP) is 3.61. The van der Waals surface area contributed by atoms with E-state index in [0.29, 0.717) is 0 Å². The van der Waals surface area contributed by atoms with Crippen molar-refractivity contribution in [3.05, 3.63) is 59.0 Å². The molecule has 0 N–H and O–H groups in total. The van der Waals surface area contributed by atoms with Gasteiger partial charge in [-0.25, -0.2) is 4.39 Å². The summed E-state index contributed by atoms with van der Waals surface area (Å²) in [7, 11) is 0. The molecule has 0 aromatic rings. The molecule has 0 spiro atoms. The van der Waals surface area contributed by atoms with E-state index in [9.17, 15) is 4.39 Å². The van der Waals surface area contributed by atoms with Crippen LogP contribution in [0.15, 0.2) is 59.0 Å². The molecule has 0 saturated carbocycles. The Morgan fingerprint density at radius 1 is 1.15 bits per heavy atom. The highest BCUT2D eigenvalue weighted by Gasteiger charge is 2.06.